The van der Waals surface area contributed by atoms with Crippen molar-refractivity contribution >= 4 is 17.4 Å². The molecule has 2 aromatic carbocycles. The van der Waals surface area contributed by atoms with Crippen LogP contribution in [0.1, 0.15) is 18.5 Å². The van der Waals surface area contributed by atoms with E-state index in [1.54, 1.807) is 4.90 Å². The van der Waals surface area contributed by atoms with E-state index in [9.17, 15) is 9.59 Å². The summed E-state index contributed by atoms with van der Waals surface area (Å²) in [5.74, 6) is -0.211. The van der Waals surface area contributed by atoms with E-state index in [0.717, 1.165) is 11.3 Å². The zero-order valence-corrected chi connectivity index (χ0v) is 11.7. The van der Waals surface area contributed by atoms with Crippen LogP contribution in [-0.4, -0.2) is 11.7 Å². The second kappa shape index (κ2) is 5.37. The van der Waals surface area contributed by atoms with E-state index in [-0.39, 0.29) is 17.7 Å². The van der Waals surface area contributed by atoms with Gasteiger partial charge in [0.2, 0.25) is 0 Å². The number of hydrogen-bond donors (Lipinski definition) is 0. The molecule has 0 aliphatic carbocycles. The van der Waals surface area contributed by atoms with Gasteiger partial charge in [0, 0.05) is 11.3 Å². The van der Waals surface area contributed by atoms with Crippen LogP contribution in [0.4, 0.5) is 5.69 Å². The molecule has 1 unspecified atom stereocenters. The van der Waals surface area contributed by atoms with Crippen molar-refractivity contribution in [2.45, 2.75) is 13.0 Å². The molecule has 2 aromatic rings. The first kappa shape index (κ1) is 13.3. The first-order valence-electron chi connectivity index (χ1n) is 6.84. The molecule has 104 valence electrons. The van der Waals surface area contributed by atoms with Crippen molar-refractivity contribution in [3.05, 3.63) is 77.9 Å². The lowest BCUT2D eigenvalue weighted by Gasteiger charge is -2.43. The molecule has 1 amide bonds. The molecule has 3 heteroatoms. The normalized spacial score (nSPS) is 19.5. The summed E-state index contributed by atoms with van der Waals surface area (Å²) in [5, 5.41) is 0. The zero-order valence-electron chi connectivity index (χ0n) is 11.7. The van der Waals surface area contributed by atoms with Gasteiger partial charge >= 0.3 is 0 Å². The maximum atomic E-state index is 12.4. The molecule has 1 saturated heterocycles. The average molecular weight is 277 g/mol. The number of rotatable bonds is 3. The molecule has 0 saturated carbocycles. The lowest BCUT2D eigenvalue weighted by Crippen LogP contribution is -2.49. The first-order chi connectivity index (χ1) is 10.2. The lowest BCUT2D eigenvalue weighted by atomic mass is 9.86. The maximum absolute atomic E-state index is 12.4. The number of β-lactam (4-membered cyclic amide) rings is 1. The van der Waals surface area contributed by atoms with Gasteiger partial charge in [-0.3, -0.25) is 14.5 Å². The van der Waals surface area contributed by atoms with Gasteiger partial charge in [0.15, 0.2) is 5.78 Å². The number of allylic oxidation sites excluding steroid dienone is 1. The van der Waals surface area contributed by atoms with E-state index < -0.39 is 0 Å². The van der Waals surface area contributed by atoms with E-state index in [0.29, 0.717) is 5.57 Å². The Balaban J connectivity index is 2.05. The maximum Gasteiger partial charge on any atom is 0.257 e. The number of hydrogen-bond acceptors (Lipinski definition) is 2. The molecule has 0 bridgehead atoms. The lowest BCUT2D eigenvalue weighted by molar-refractivity contribution is -0.120. The standard InChI is InChI=1S/C18H15NO2/c1-13(20)12-16-17(14-8-4-2-5-9-14)19(18(16)21)15-10-6-3-7-11-15/h2-12,17H,1H3/b16-12-. The van der Waals surface area contributed by atoms with Gasteiger partial charge in [-0.25, -0.2) is 0 Å². The highest BCUT2D eigenvalue weighted by Gasteiger charge is 2.43. The second-order valence-electron chi connectivity index (χ2n) is 5.03. The van der Waals surface area contributed by atoms with Crippen molar-refractivity contribution in [2.75, 3.05) is 4.90 Å². The van der Waals surface area contributed by atoms with Crippen molar-refractivity contribution in [2.24, 2.45) is 0 Å². The summed E-state index contributed by atoms with van der Waals surface area (Å²) >= 11 is 0. The Bertz CT molecular complexity index is 705. The first-order valence-corrected chi connectivity index (χ1v) is 6.84. The van der Waals surface area contributed by atoms with Crippen LogP contribution >= 0.6 is 0 Å². The van der Waals surface area contributed by atoms with Gasteiger partial charge < -0.3 is 0 Å². The number of ketones is 1. The second-order valence-corrected chi connectivity index (χ2v) is 5.03. The van der Waals surface area contributed by atoms with E-state index in [1.165, 1.54) is 13.0 Å². The fraction of sp³-hybridized carbons (Fsp3) is 0.111. The summed E-state index contributed by atoms with van der Waals surface area (Å²) in [5.41, 5.74) is 2.41. The molecule has 3 nitrogen and oxygen atoms in total. The van der Waals surface area contributed by atoms with Crippen molar-refractivity contribution in [1.29, 1.82) is 0 Å². The molecular weight excluding hydrogens is 262 g/mol. The molecule has 1 aliphatic heterocycles. The highest BCUT2D eigenvalue weighted by Crippen LogP contribution is 2.42. The predicted octanol–water partition coefficient (Wildman–Crippen LogP) is 3.29. The van der Waals surface area contributed by atoms with Gasteiger partial charge in [-0.2, -0.15) is 0 Å². The van der Waals surface area contributed by atoms with Crippen molar-refractivity contribution in [3.8, 4) is 0 Å². The Labute approximate surface area is 123 Å². The summed E-state index contributed by atoms with van der Waals surface area (Å²) < 4.78 is 0. The number of amides is 1. The molecule has 0 radical (unpaired) electrons. The van der Waals surface area contributed by atoms with Crippen molar-refractivity contribution < 1.29 is 9.59 Å². The summed E-state index contributed by atoms with van der Waals surface area (Å²) in [6.07, 6.45) is 1.44. The third kappa shape index (κ3) is 2.38. The monoisotopic (exact) mass is 277 g/mol. The van der Waals surface area contributed by atoms with Crippen molar-refractivity contribution in [3.63, 3.8) is 0 Å². The molecule has 1 atom stereocenters. The molecule has 1 fully saturated rings. The predicted molar refractivity (Wildman–Crippen MR) is 81.9 cm³/mol. The molecule has 0 aromatic heterocycles. The van der Waals surface area contributed by atoms with Crippen LogP contribution in [-0.2, 0) is 9.59 Å². The highest BCUT2D eigenvalue weighted by atomic mass is 16.2. The fourth-order valence-electron chi connectivity index (χ4n) is 2.62. The van der Waals surface area contributed by atoms with E-state index in [2.05, 4.69) is 0 Å². The smallest absolute Gasteiger partial charge is 0.257 e. The Morgan fingerprint density at radius 3 is 2.14 bits per heavy atom. The van der Waals surface area contributed by atoms with Gasteiger partial charge in [0.05, 0.1) is 6.04 Å². The molecule has 3 rings (SSSR count). The number of carbonyl (C=O) groups excluding carboxylic acids is 2. The molecule has 0 spiro atoms. The Kier molecular flexibility index (Phi) is 3.40. The number of nitrogens with zero attached hydrogens (tertiary/aromatic N) is 1. The zero-order chi connectivity index (χ0) is 14.8. The van der Waals surface area contributed by atoms with Crippen LogP contribution in [0.3, 0.4) is 0 Å². The van der Waals surface area contributed by atoms with Gasteiger partial charge in [0.25, 0.3) is 5.91 Å². The number of carbonyl (C=O) groups is 2. The quantitative estimate of drug-likeness (QED) is 0.637. The summed E-state index contributed by atoms with van der Waals surface area (Å²) in [6, 6.07) is 19.1. The van der Waals surface area contributed by atoms with Gasteiger partial charge in [-0.1, -0.05) is 48.5 Å². The summed E-state index contributed by atoms with van der Waals surface area (Å²) in [7, 11) is 0. The third-order valence-corrected chi connectivity index (χ3v) is 3.53. The third-order valence-electron chi connectivity index (χ3n) is 3.53. The SMILES string of the molecule is CC(=O)/C=C1\C(=O)N(c2ccccc2)C1c1ccccc1. The summed E-state index contributed by atoms with van der Waals surface area (Å²) in [4.78, 5) is 25.5. The van der Waals surface area contributed by atoms with Crippen LogP contribution in [0.2, 0.25) is 0 Å². The minimum atomic E-state index is -0.190. The van der Waals surface area contributed by atoms with Crippen LogP contribution in [0, 0.1) is 0 Å². The Morgan fingerprint density at radius 2 is 1.57 bits per heavy atom. The Morgan fingerprint density at radius 1 is 1.00 bits per heavy atom. The minimum Gasteiger partial charge on any atom is -0.297 e. The van der Waals surface area contributed by atoms with Crippen LogP contribution in [0.15, 0.2) is 72.3 Å². The van der Waals surface area contributed by atoms with E-state index in [1.807, 2.05) is 60.7 Å². The average Bonchev–Trinajstić information content (AvgIpc) is 2.51. The van der Waals surface area contributed by atoms with Gasteiger partial charge in [-0.15, -0.1) is 0 Å². The summed E-state index contributed by atoms with van der Waals surface area (Å²) in [6.45, 7) is 1.47. The number of anilines is 1. The minimum absolute atomic E-state index is 0.105. The molecule has 0 N–H and O–H groups in total. The highest BCUT2D eigenvalue weighted by molar-refractivity contribution is 6.17. The molecule has 1 heterocycles. The topological polar surface area (TPSA) is 37.4 Å². The van der Waals surface area contributed by atoms with Crippen LogP contribution in [0.25, 0.3) is 0 Å². The largest absolute Gasteiger partial charge is 0.297 e. The van der Waals surface area contributed by atoms with E-state index >= 15 is 0 Å². The Hall–Kier alpha value is -2.68. The number of para-hydroxylation sites is 1. The molecule has 1 aliphatic rings. The van der Waals surface area contributed by atoms with Crippen LogP contribution < -0.4 is 4.90 Å². The van der Waals surface area contributed by atoms with Crippen LogP contribution in [0.5, 0.6) is 0 Å². The van der Waals surface area contributed by atoms with Gasteiger partial charge in [0.1, 0.15) is 0 Å². The fourth-order valence-corrected chi connectivity index (χ4v) is 2.62. The number of benzene rings is 2. The van der Waals surface area contributed by atoms with Crippen molar-refractivity contribution in [1.82, 2.24) is 0 Å². The van der Waals surface area contributed by atoms with E-state index in [4.69, 9.17) is 0 Å². The van der Waals surface area contributed by atoms with Gasteiger partial charge in [-0.05, 0) is 30.7 Å². The molecular formula is C18H15NO2. The molecule has 21 heavy (non-hydrogen) atoms.